The summed E-state index contributed by atoms with van der Waals surface area (Å²) in [4.78, 5) is 23.4. The summed E-state index contributed by atoms with van der Waals surface area (Å²) in [5.41, 5.74) is 0. The summed E-state index contributed by atoms with van der Waals surface area (Å²) >= 11 is 0. The molecule has 0 saturated carbocycles. The maximum atomic E-state index is 13.0. The van der Waals surface area contributed by atoms with Crippen LogP contribution in [0.5, 0.6) is 0 Å². The zero-order valence-electron chi connectivity index (χ0n) is 53.6. The number of phosphoric ester groups is 1. The Morgan fingerprint density at radius 3 is 1.01 bits per heavy atom. The highest BCUT2D eigenvalue weighted by atomic mass is 31.2. The van der Waals surface area contributed by atoms with Gasteiger partial charge in [0, 0.05) is 6.42 Å². The van der Waals surface area contributed by atoms with E-state index >= 15 is 0 Å². The van der Waals surface area contributed by atoms with E-state index in [2.05, 4.69) is 43.5 Å². The Hall–Kier alpha value is -1.28. The molecule has 1 amide bonds. The van der Waals surface area contributed by atoms with E-state index < -0.39 is 20.0 Å². The number of rotatable bonds is 65. The van der Waals surface area contributed by atoms with Gasteiger partial charge in [-0.05, 0) is 57.8 Å². The van der Waals surface area contributed by atoms with Crippen molar-refractivity contribution in [2.24, 2.45) is 0 Å². The first-order valence-corrected chi connectivity index (χ1v) is 36.4. The second kappa shape index (κ2) is 61.3. The van der Waals surface area contributed by atoms with Crippen LogP contribution in [0.4, 0.5) is 0 Å². The molecule has 0 aliphatic rings. The van der Waals surface area contributed by atoms with Crippen LogP contribution in [0.1, 0.15) is 354 Å². The molecular formula is C70H138N2O6P+. The maximum absolute atomic E-state index is 13.0. The fraction of sp³-hybridized carbons (Fsp3) is 0.900. The van der Waals surface area contributed by atoms with Gasteiger partial charge in [-0.3, -0.25) is 13.8 Å². The molecule has 3 N–H and O–H groups in total. The van der Waals surface area contributed by atoms with E-state index in [1.54, 1.807) is 6.08 Å². The van der Waals surface area contributed by atoms with Gasteiger partial charge in [0.2, 0.25) is 5.91 Å². The number of phosphoric acid groups is 1. The third kappa shape index (κ3) is 64.1. The molecule has 0 fully saturated rings. The van der Waals surface area contributed by atoms with Crippen molar-refractivity contribution in [3.05, 3.63) is 36.5 Å². The van der Waals surface area contributed by atoms with Gasteiger partial charge in [-0.25, -0.2) is 4.57 Å². The van der Waals surface area contributed by atoms with Crippen LogP contribution in [-0.4, -0.2) is 73.4 Å². The zero-order valence-corrected chi connectivity index (χ0v) is 54.5. The molecule has 3 unspecified atom stereocenters. The predicted octanol–water partition coefficient (Wildman–Crippen LogP) is 22.1. The van der Waals surface area contributed by atoms with Crippen molar-refractivity contribution in [1.82, 2.24) is 5.32 Å². The average molecular weight is 1130 g/mol. The van der Waals surface area contributed by atoms with E-state index in [9.17, 15) is 19.4 Å². The molecule has 0 aromatic rings. The van der Waals surface area contributed by atoms with Gasteiger partial charge in [0.05, 0.1) is 39.9 Å². The second-order valence-electron chi connectivity index (χ2n) is 25.3. The van der Waals surface area contributed by atoms with Crippen LogP contribution in [0.2, 0.25) is 0 Å². The number of carbonyl (C=O) groups excluding carboxylic acids is 1. The minimum Gasteiger partial charge on any atom is -0.387 e. The third-order valence-corrected chi connectivity index (χ3v) is 17.1. The van der Waals surface area contributed by atoms with E-state index in [4.69, 9.17) is 9.05 Å². The van der Waals surface area contributed by atoms with E-state index in [-0.39, 0.29) is 19.1 Å². The highest BCUT2D eigenvalue weighted by molar-refractivity contribution is 7.47. The van der Waals surface area contributed by atoms with Gasteiger partial charge in [-0.1, -0.05) is 326 Å². The van der Waals surface area contributed by atoms with Crippen LogP contribution in [-0.2, 0) is 18.4 Å². The summed E-state index contributed by atoms with van der Waals surface area (Å²) in [5.74, 6) is -0.179. The minimum absolute atomic E-state index is 0.0580. The molecule has 0 aliphatic carbocycles. The molecule has 0 saturated heterocycles. The molecule has 3 atom stereocenters. The number of nitrogens with one attached hydrogen (secondary N) is 1. The first-order chi connectivity index (χ1) is 38.5. The van der Waals surface area contributed by atoms with Crippen LogP contribution in [0.15, 0.2) is 36.5 Å². The summed E-state index contributed by atoms with van der Waals surface area (Å²) < 4.78 is 23.8. The lowest BCUT2D eigenvalue weighted by Gasteiger charge is -2.25. The van der Waals surface area contributed by atoms with Crippen LogP contribution < -0.4 is 5.32 Å². The summed E-state index contributed by atoms with van der Waals surface area (Å²) in [6, 6.07) is -0.863. The number of aliphatic hydroxyl groups excluding tert-OH is 1. The van der Waals surface area contributed by atoms with Crippen molar-refractivity contribution in [2.75, 3.05) is 40.9 Å². The molecule has 79 heavy (non-hydrogen) atoms. The molecule has 0 radical (unpaired) electrons. The van der Waals surface area contributed by atoms with Gasteiger partial charge < -0.3 is 19.8 Å². The first kappa shape index (κ1) is 77.7. The third-order valence-electron chi connectivity index (χ3n) is 16.1. The predicted molar refractivity (Wildman–Crippen MR) is 346 cm³/mol. The summed E-state index contributed by atoms with van der Waals surface area (Å²) in [5, 5.41) is 14.0. The van der Waals surface area contributed by atoms with Crippen LogP contribution in [0.3, 0.4) is 0 Å². The maximum Gasteiger partial charge on any atom is 0.472 e. The molecule has 0 aromatic heterocycles. The largest absolute Gasteiger partial charge is 0.472 e. The topological polar surface area (TPSA) is 105 Å². The second-order valence-corrected chi connectivity index (χ2v) is 26.7. The molecule has 0 heterocycles. The molecule has 0 aliphatic heterocycles. The fourth-order valence-electron chi connectivity index (χ4n) is 10.6. The van der Waals surface area contributed by atoms with Gasteiger partial charge >= 0.3 is 7.82 Å². The minimum atomic E-state index is -4.36. The van der Waals surface area contributed by atoms with Crippen molar-refractivity contribution in [3.8, 4) is 0 Å². The van der Waals surface area contributed by atoms with E-state index in [0.29, 0.717) is 17.4 Å². The number of quaternary nitrogens is 1. The summed E-state index contributed by atoms with van der Waals surface area (Å²) in [6.07, 6.45) is 81.6. The summed E-state index contributed by atoms with van der Waals surface area (Å²) in [7, 11) is 1.57. The highest BCUT2D eigenvalue weighted by Gasteiger charge is 2.28. The lowest BCUT2D eigenvalue weighted by molar-refractivity contribution is -0.870. The molecule has 0 spiro atoms. The Morgan fingerprint density at radius 1 is 0.418 bits per heavy atom. The van der Waals surface area contributed by atoms with E-state index in [0.717, 1.165) is 38.5 Å². The van der Waals surface area contributed by atoms with Crippen molar-refractivity contribution in [1.29, 1.82) is 0 Å². The zero-order chi connectivity index (χ0) is 57.7. The number of allylic oxidation sites excluding steroid dienone is 5. The fourth-order valence-corrected chi connectivity index (χ4v) is 11.4. The number of likely N-dealkylation sites (N-methyl/N-ethyl adjacent to an activating group) is 1. The van der Waals surface area contributed by atoms with Crippen LogP contribution >= 0.6 is 7.82 Å². The number of hydrogen-bond donors (Lipinski definition) is 3. The van der Waals surface area contributed by atoms with Gasteiger partial charge in [-0.15, -0.1) is 0 Å². The van der Waals surface area contributed by atoms with Gasteiger partial charge in [0.15, 0.2) is 0 Å². The first-order valence-electron chi connectivity index (χ1n) is 34.9. The molecule has 9 heteroatoms. The lowest BCUT2D eigenvalue weighted by Crippen LogP contribution is -2.45. The molecule has 8 nitrogen and oxygen atoms in total. The molecule has 468 valence electrons. The number of amides is 1. The summed E-state index contributed by atoms with van der Waals surface area (Å²) in [6.45, 7) is 4.85. The average Bonchev–Trinajstić information content (AvgIpc) is 3.42. The Morgan fingerprint density at radius 2 is 0.696 bits per heavy atom. The Labute approximate surface area is 493 Å². The number of aliphatic hydroxyl groups is 1. The smallest absolute Gasteiger partial charge is 0.387 e. The van der Waals surface area contributed by atoms with Crippen molar-refractivity contribution < 1.29 is 32.9 Å². The highest BCUT2D eigenvalue weighted by Crippen LogP contribution is 2.43. The Bertz CT molecular complexity index is 1380. The molecule has 0 bridgehead atoms. The van der Waals surface area contributed by atoms with Crippen LogP contribution in [0.25, 0.3) is 0 Å². The van der Waals surface area contributed by atoms with Crippen LogP contribution in [0, 0.1) is 0 Å². The van der Waals surface area contributed by atoms with Gasteiger partial charge in [0.1, 0.15) is 13.2 Å². The number of nitrogens with zero attached hydrogens (tertiary/aromatic N) is 1. The van der Waals surface area contributed by atoms with Gasteiger partial charge in [0.25, 0.3) is 0 Å². The normalized spacial score (nSPS) is 13.9. The molecule has 0 aromatic carbocycles. The number of hydrogen-bond acceptors (Lipinski definition) is 5. The SMILES string of the molecule is CCCCCCCCCC/C=C\CCCCCCCCCCCCCCCCCCCCCC(=O)NC(COP(=O)(O)OCC[N+](C)(C)C)C(O)/C=C/CC/C=C/CCCCCCCCCCCCCCCCCCCCCC. The molecule has 0 rings (SSSR count). The number of carbonyl (C=O) groups is 1. The van der Waals surface area contributed by atoms with Crippen molar-refractivity contribution in [3.63, 3.8) is 0 Å². The van der Waals surface area contributed by atoms with Crippen molar-refractivity contribution >= 4 is 13.7 Å². The standard InChI is InChI=1S/C70H137N2O6P/c1-6-8-10-12-14-16-18-20-22-24-26-28-30-32-34-35-36-37-38-40-42-44-46-48-50-52-54-56-58-60-62-64-70(74)71-68(67-78-79(75,76)77-66-65-72(3,4)5)69(73)63-61-59-57-55-53-51-49-47-45-43-41-39-33-31-29-27-25-23-21-19-17-15-13-11-9-7-2/h24,26,53,55,61,63,68-69,73H,6-23,25,27-52,54,56-60,62,64-67H2,1-5H3,(H-,71,74,75,76)/p+1/b26-24-,55-53+,63-61+. The quantitative estimate of drug-likeness (QED) is 0.0243. The monoisotopic (exact) mass is 1130 g/mol. The lowest BCUT2D eigenvalue weighted by atomic mass is 10.0. The molecular weight excluding hydrogens is 996 g/mol. The Kier molecular flexibility index (Phi) is 60.3. The number of unbranched alkanes of at least 4 members (excludes halogenated alkanes) is 48. The van der Waals surface area contributed by atoms with E-state index in [1.807, 2.05) is 27.2 Å². The van der Waals surface area contributed by atoms with Gasteiger partial charge in [-0.2, -0.15) is 0 Å². The van der Waals surface area contributed by atoms with E-state index in [1.165, 1.54) is 295 Å². The van der Waals surface area contributed by atoms with Crippen molar-refractivity contribution in [2.45, 2.75) is 366 Å². The Balaban J connectivity index is 4.07.